The molecule has 6 nitrogen and oxygen atoms in total. The highest BCUT2D eigenvalue weighted by Crippen LogP contribution is 2.16. The minimum absolute atomic E-state index is 0.238. The van der Waals surface area contributed by atoms with Crippen LogP contribution in [0.2, 0.25) is 0 Å². The van der Waals surface area contributed by atoms with Crippen molar-refractivity contribution in [2.24, 2.45) is 10.4 Å². The standard InChI is InChI=1S/C9H7N3O3S/c13-8(14)5-12-6-3-1-2-4-7(6)16-9(12)10-11-15/h1-4H,5H2,(H,13,14)/b10-9+. The summed E-state index contributed by atoms with van der Waals surface area (Å²) in [4.78, 5) is 21.1. The monoisotopic (exact) mass is 237 g/mol. The summed E-state index contributed by atoms with van der Waals surface area (Å²) in [7, 11) is 0. The first kappa shape index (κ1) is 10.5. The molecule has 0 spiro atoms. The van der Waals surface area contributed by atoms with Gasteiger partial charge in [-0.2, -0.15) is 0 Å². The molecule has 0 radical (unpaired) electrons. The third-order valence-corrected chi connectivity index (χ3v) is 3.06. The van der Waals surface area contributed by atoms with Gasteiger partial charge in [0.1, 0.15) is 6.54 Å². The van der Waals surface area contributed by atoms with Crippen molar-refractivity contribution in [3.63, 3.8) is 0 Å². The zero-order chi connectivity index (χ0) is 11.5. The zero-order valence-electron chi connectivity index (χ0n) is 8.03. The molecule has 2 rings (SSSR count). The van der Waals surface area contributed by atoms with Gasteiger partial charge >= 0.3 is 5.97 Å². The molecule has 0 bridgehead atoms. The number of nitroso groups, excluding NO2 is 1. The van der Waals surface area contributed by atoms with Gasteiger partial charge in [-0.3, -0.25) is 4.79 Å². The Labute approximate surface area is 93.4 Å². The lowest BCUT2D eigenvalue weighted by Crippen LogP contribution is -2.19. The molecule has 82 valence electrons. The molecule has 16 heavy (non-hydrogen) atoms. The molecule has 0 amide bonds. The molecule has 1 aromatic heterocycles. The van der Waals surface area contributed by atoms with Crippen LogP contribution in [0, 0.1) is 4.91 Å². The van der Waals surface area contributed by atoms with Gasteiger partial charge in [0.15, 0.2) is 0 Å². The van der Waals surface area contributed by atoms with Crippen LogP contribution in [-0.4, -0.2) is 15.6 Å². The third-order valence-electron chi connectivity index (χ3n) is 2.01. The average molecular weight is 237 g/mol. The number of carboxylic acid groups (broad SMARTS) is 1. The maximum absolute atomic E-state index is 10.7. The number of para-hydroxylation sites is 1. The van der Waals surface area contributed by atoms with E-state index in [4.69, 9.17) is 5.11 Å². The highest BCUT2D eigenvalue weighted by atomic mass is 32.1. The van der Waals surface area contributed by atoms with Crippen LogP contribution in [0.3, 0.4) is 0 Å². The number of nitrogens with zero attached hydrogens (tertiary/aromatic N) is 3. The summed E-state index contributed by atoms with van der Waals surface area (Å²) in [5.74, 6) is -0.990. The molecule has 7 heteroatoms. The van der Waals surface area contributed by atoms with Crippen molar-refractivity contribution in [3.05, 3.63) is 34.0 Å². The van der Waals surface area contributed by atoms with Crippen LogP contribution in [0.1, 0.15) is 0 Å². The second-order valence-electron chi connectivity index (χ2n) is 3.01. The van der Waals surface area contributed by atoms with Gasteiger partial charge in [-0.15, -0.1) is 4.91 Å². The molecule has 1 N–H and O–H groups in total. The number of thiazole rings is 1. The van der Waals surface area contributed by atoms with Gasteiger partial charge in [0.2, 0.25) is 4.80 Å². The smallest absolute Gasteiger partial charge is 0.323 e. The Kier molecular flexibility index (Phi) is 2.78. The van der Waals surface area contributed by atoms with E-state index in [1.807, 2.05) is 12.1 Å². The summed E-state index contributed by atoms with van der Waals surface area (Å²) in [6, 6.07) is 7.24. The van der Waals surface area contributed by atoms with Gasteiger partial charge in [0.25, 0.3) is 0 Å². The molecule has 2 aromatic rings. The van der Waals surface area contributed by atoms with E-state index in [0.717, 1.165) is 10.2 Å². The van der Waals surface area contributed by atoms with E-state index in [1.54, 1.807) is 12.1 Å². The fourth-order valence-electron chi connectivity index (χ4n) is 1.42. The molecule has 0 atom stereocenters. The summed E-state index contributed by atoms with van der Waals surface area (Å²) in [5.41, 5.74) is 0.734. The SMILES string of the molecule is O=N/N=c1/sc2ccccc2n1CC(=O)O. The summed E-state index contributed by atoms with van der Waals surface area (Å²) in [6.07, 6.45) is 0. The number of fused-ring (bicyclic) bond motifs is 1. The Hall–Kier alpha value is -2.02. The molecule has 0 aliphatic carbocycles. The molecular formula is C9H7N3O3S. The van der Waals surface area contributed by atoms with Crippen molar-refractivity contribution < 1.29 is 9.90 Å². The van der Waals surface area contributed by atoms with Crippen molar-refractivity contribution >= 4 is 27.5 Å². The first-order valence-corrected chi connectivity index (χ1v) is 5.20. The van der Waals surface area contributed by atoms with Gasteiger partial charge in [-0.05, 0) is 12.1 Å². The molecule has 1 aromatic carbocycles. The molecule has 0 unspecified atom stereocenters. The van der Waals surface area contributed by atoms with Crippen molar-refractivity contribution in [1.29, 1.82) is 0 Å². The van der Waals surface area contributed by atoms with Crippen molar-refractivity contribution in [1.82, 2.24) is 4.57 Å². The van der Waals surface area contributed by atoms with Crippen LogP contribution < -0.4 is 4.80 Å². The van der Waals surface area contributed by atoms with E-state index < -0.39 is 5.97 Å². The highest BCUT2D eigenvalue weighted by Gasteiger charge is 2.08. The van der Waals surface area contributed by atoms with E-state index >= 15 is 0 Å². The van der Waals surface area contributed by atoms with Crippen LogP contribution in [-0.2, 0) is 11.3 Å². The Morgan fingerprint density at radius 2 is 2.19 bits per heavy atom. The maximum Gasteiger partial charge on any atom is 0.323 e. The Balaban J connectivity index is 2.74. The van der Waals surface area contributed by atoms with Gasteiger partial charge < -0.3 is 9.67 Å². The second kappa shape index (κ2) is 4.23. The number of hydrogen-bond donors (Lipinski definition) is 1. The summed E-state index contributed by atoms with van der Waals surface area (Å²) in [6.45, 7) is -0.238. The fourth-order valence-corrected chi connectivity index (χ4v) is 2.39. The van der Waals surface area contributed by atoms with Gasteiger partial charge in [0, 0.05) is 0 Å². The van der Waals surface area contributed by atoms with Crippen molar-refractivity contribution in [3.8, 4) is 0 Å². The average Bonchev–Trinajstić information content (AvgIpc) is 2.57. The Morgan fingerprint density at radius 3 is 2.88 bits per heavy atom. The maximum atomic E-state index is 10.7. The largest absolute Gasteiger partial charge is 0.480 e. The van der Waals surface area contributed by atoms with E-state index in [-0.39, 0.29) is 6.54 Å². The summed E-state index contributed by atoms with van der Waals surface area (Å²) in [5, 5.41) is 14.6. The van der Waals surface area contributed by atoms with Crippen LogP contribution >= 0.6 is 11.3 Å². The molecule has 0 saturated heterocycles. The predicted molar refractivity (Wildman–Crippen MR) is 58.8 cm³/mol. The van der Waals surface area contributed by atoms with Gasteiger partial charge in [-0.1, -0.05) is 28.6 Å². The minimum atomic E-state index is -0.990. The minimum Gasteiger partial charge on any atom is -0.480 e. The lowest BCUT2D eigenvalue weighted by Gasteiger charge is -1.99. The predicted octanol–water partition coefficient (Wildman–Crippen LogP) is 1.37. The van der Waals surface area contributed by atoms with Gasteiger partial charge in [0.05, 0.1) is 15.5 Å². The lowest BCUT2D eigenvalue weighted by molar-refractivity contribution is -0.137. The number of carbonyl (C=O) groups is 1. The molecule has 0 fully saturated rings. The van der Waals surface area contributed by atoms with Crippen LogP contribution in [0.4, 0.5) is 0 Å². The Morgan fingerprint density at radius 1 is 1.44 bits per heavy atom. The third kappa shape index (κ3) is 1.84. The van der Waals surface area contributed by atoms with Gasteiger partial charge in [-0.25, -0.2) is 0 Å². The van der Waals surface area contributed by atoms with Crippen molar-refractivity contribution in [2.45, 2.75) is 6.54 Å². The van der Waals surface area contributed by atoms with Crippen LogP contribution in [0.15, 0.2) is 34.7 Å². The number of carboxylic acids is 1. The van der Waals surface area contributed by atoms with Crippen molar-refractivity contribution in [2.75, 3.05) is 0 Å². The Bertz CT molecular complexity index is 614. The first-order chi connectivity index (χ1) is 7.72. The van der Waals surface area contributed by atoms with E-state index in [0.29, 0.717) is 4.80 Å². The molecule has 0 aliphatic heterocycles. The topological polar surface area (TPSA) is 84.0 Å². The number of hydrogen-bond acceptors (Lipinski definition) is 4. The number of benzene rings is 1. The highest BCUT2D eigenvalue weighted by molar-refractivity contribution is 7.16. The normalized spacial score (nSPS) is 11.9. The quantitative estimate of drug-likeness (QED) is 0.646. The molecular weight excluding hydrogens is 230 g/mol. The summed E-state index contributed by atoms with van der Waals surface area (Å²) >= 11 is 1.23. The van der Waals surface area contributed by atoms with E-state index in [2.05, 4.69) is 10.4 Å². The number of rotatable bonds is 3. The number of aromatic nitrogens is 1. The molecule has 1 heterocycles. The lowest BCUT2D eigenvalue weighted by atomic mass is 10.3. The zero-order valence-corrected chi connectivity index (χ0v) is 8.85. The summed E-state index contributed by atoms with van der Waals surface area (Å²) < 4.78 is 2.31. The van der Waals surface area contributed by atoms with Crippen LogP contribution in [0.5, 0.6) is 0 Å². The molecule has 0 aliphatic rings. The van der Waals surface area contributed by atoms with Crippen LogP contribution in [0.25, 0.3) is 10.2 Å². The van der Waals surface area contributed by atoms with E-state index in [9.17, 15) is 9.70 Å². The first-order valence-electron chi connectivity index (χ1n) is 4.39. The molecule has 0 saturated carbocycles. The van der Waals surface area contributed by atoms with E-state index in [1.165, 1.54) is 15.9 Å². The second-order valence-corrected chi connectivity index (χ2v) is 4.02. The number of aliphatic carboxylic acids is 1. The fraction of sp³-hybridized carbons (Fsp3) is 0.111.